The lowest BCUT2D eigenvalue weighted by Gasteiger charge is -2.12. The van der Waals surface area contributed by atoms with E-state index in [1.165, 1.54) is 11.8 Å². The summed E-state index contributed by atoms with van der Waals surface area (Å²) in [6.45, 7) is 3.88. The first-order valence-corrected chi connectivity index (χ1v) is 6.96. The third-order valence-corrected chi connectivity index (χ3v) is 3.89. The molecule has 0 radical (unpaired) electrons. The van der Waals surface area contributed by atoms with Crippen LogP contribution < -0.4 is 5.32 Å². The molecule has 1 amide bonds. The summed E-state index contributed by atoms with van der Waals surface area (Å²) < 4.78 is 1.90. The maximum atomic E-state index is 12.1. The van der Waals surface area contributed by atoms with Gasteiger partial charge in [-0.25, -0.2) is 4.98 Å². The molecule has 100 valence electrons. The van der Waals surface area contributed by atoms with E-state index in [0.717, 1.165) is 16.4 Å². The van der Waals surface area contributed by atoms with E-state index in [1.807, 2.05) is 55.9 Å². The Hall–Kier alpha value is -1.75. The Bertz CT molecular complexity index is 580. The lowest BCUT2D eigenvalue weighted by molar-refractivity contribution is -0.115. The van der Waals surface area contributed by atoms with Gasteiger partial charge in [0, 0.05) is 25.1 Å². The van der Waals surface area contributed by atoms with Crippen LogP contribution in [0.4, 0.5) is 5.69 Å². The summed E-state index contributed by atoms with van der Waals surface area (Å²) >= 11 is 1.45. The number of imidazole rings is 1. The van der Waals surface area contributed by atoms with E-state index in [2.05, 4.69) is 10.3 Å². The number of rotatable bonds is 4. The number of nitrogens with zero attached hydrogens (tertiary/aromatic N) is 2. The molecular formula is C14H17N3OS. The van der Waals surface area contributed by atoms with Crippen molar-refractivity contribution in [1.29, 1.82) is 0 Å². The summed E-state index contributed by atoms with van der Waals surface area (Å²) in [5.41, 5.74) is 1.96. The smallest absolute Gasteiger partial charge is 0.237 e. The van der Waals surface area contributed by atoms with Gasteiger partial charge in [-0.05, 0) is 31.5 Å². The Kier molecular flexibility index (Phi) is 4.27. The van der Waals surface area contributed by atoms with E-state index >= 15 is 0 Å². The molecule has 0 spiro atoms. The van der Waals surface area contributed by atoms with Gasteiger partial charge in [0.15, 0.2) is 5.16 Å². The van der Waals surface area contributed by atoms with E-state index in [9.17, 15) is 4.79 Å². The van der Waals surface area contributed by atoms with Crippen molar-refractivity contribution in [3.8, 4) is 0 Å². The molecule has 2 aromatic rings. The standard InChI is InChI=1S/C14H17N3OS/c1-10-5-4-6-12(9-10)16-13(18)11(2)19-14-15-7-8-17(14)3/h4-9,11H,1-3H3,(H,16,18). The number of anilines is 1. The van der Waals surface area contributed by atoms with Gasteiger partial charge >= 0.3 is 0 Å². The van der Waals surface area contributed by atoms with E-state index in [1.54, 1.807) is 6.20 Å². The first-order chi connectivity index (χ1) is 9.06. The van der Waals surface area contributed by atoms with Crippen molar-refractivity contribution in [1.82, 2.24) is 9.55 Å². The van der Waals surface area contributed by atoms with Crippen LogP contribution in [0.25, 0.3) is 0 Å². The monoisotopic (exact) mass is 275 g/mol. The highest BCUT2D eigenvalue weighted by atomic mass is 32.2. The number of aryl methyl sites for hydroxylation is 2. The second-order valence-electron chi connectivity index (χ2n) is 4.44. The fourth-order valence-corrected chi connectivity index (χ4v) is 2.47. The number of carbonyl (C=O) groups excluding carboxylic acids is 1. The van der Waals surface area contributed by atoms with Crippen LogP contribution in [0.3, 0.4) is 0 Å². The molecule has 0 aliphatic heterocycles. The van der Waals surface area contributed by atoms with Crippen molar-refractivity contribution in [2.75, 3.05) is 5.32 Å². The van der Waals surface area contributed by atoms with Crippen molar-refractivity contribution in [3.05, 3.63) is 42.2 Å². The molecule has 0 saturated heterocycles. The molecule has 1 unspecified atom stereocenters. The predicted octanol–water partition coefficient (Wildman–Crippen LogP) is 2.85. The van der Waals surface area contributed by atoms with Crippen LogP contribution in [0.1, 0.15) is 12.5 Å². The van der Waals surface area contributed by atoms with Crippen LogP contribution in [0.2, 0.25) is 0 Å². The molecule has 0 saturated carbocycles. The third-order valence-electron chi connectivity index (χ3n) is 2.71. The summed E-state index contributed by atoms with van der Waals surface area (Å²) in [6.07, 6.45) is 3.60. The molecule has 0 aliphatic rings. The number of hydrogen-bond donors (Lipinski definition) is 1. The largest absolute Gasteiger partial charge is 0.329 e. The van der Waals surface area contributed by atoms with Crippen LogP contribution in [0, 0.1) is 6.92 Å². The molecule has 4 nitrogen and oxygen atoms in total. The molecule has 19 heavy (non-hydrogen) atoms. The van der Waals surface area contributed by atoms with Gasteiger partial charge in [0.05, 0.1) is 5.25 Å². The number of hydrogen-bond acceptors (Lipinski definition) is 3. The number of thioether (sulfide) groups is 1. The maximum Gasteiger partial charge on any atom is 0.237 e. The van der Waals surface area contributed by atoms with Crippen molar-refractivity contribution in [2.45, 2.75) is 24.3 Å². The minimum Gasteiger partial charge on any atom is -0.329 e. The predicted molar refractivity (Wildman–Crippen MR) is 78.3 cm³/mol. The second kappa shape index (κ2) is 5.93. The van der Waals surface area contributed by atoms with Gasteiger partial charge in [0.1, 0.15) is 0 Å². The van der Waals surface area contributed by atoms with Crippen LogP contribution in [0.15, 0.2) is 41.8 Å². The average Bonchev–Trinajstić information content (AvgIpc) is 2.75. The number of aromatic nitrogens is 2. The highest BCUT2D eigenvalue weighted by molar-refractivity contribution is 8.00. The van der Waals surface area contributed by atoms with Crippen LogP contribution in [-0.2, 0) is 11.8 Å². The van der Waals surface area contributed by atoms with Gasteiger partial charge in [0.2, 0.25) is 5.91 Å². The van der Waals surface area contributed by atoms with Crippen LogP contribution in [0.5, 0.6) is 0 Å². The second-order valence-corrected chi connectivity index (χ2v) is 5.75. The molecule has 1 heterocycles. The van der Waals surface area contributed by atoms with Gasteiger partial charge in [0.25, 0.3) is 0 Å². The van der Waals surface area contributed by atoms with Gasteiger partial charge in [-0.15, -0.1) is 0 Å². The SMILES string of the molecule is Cc1cccc(NC(=O)C(C)Sc2nccn2C)c1. The van der Waals surface area contributed by atoms with E-state index < -0.39 is 0 Å². The molecule has 1 aromatic carbocycles. The minimum atomic E-state index is -0.193. The minimum absolute atomic E-state index is 0.0152. The molecule has 1 atom stereocenters. The van der Waals surface area contributed by atoms with E-state index in [0.29, 0.717) is 0 Å². The summed E-state index contributed by atoms with van der Waals surface area (Å²) in [7, 11) is 1.92. The van der Waals surface area contributed by atoms with Crippen molar-refractivity contribution >= 4 is 23.4 Å². The lowest BCUT2D eigenvalue weighted by atomic mass is 10.2. The molecule has 0 fully saturated rings. The van der Waals surface area contributed by atoms with Crippen LogP contribution >= 0.6 is 11.8 Å². The Morgan fingerprint density at radius 2 is 2.26 bits per heavy atom. The zero-order valence-corrected chi connectivity index (χ0v) is 12.1. The lowest BCUT2D eigenvalue weighted by Crippen LogP contribution is -2.22. The number of amides is 1. The molecule has 0 bridgehead atoms. The fourth-order valence-electron chi connectivity index (χ4n) is 1.64. The molecular weight excluding hydrogens is 258 g/mol. The highest BCUT2D eigenvalue weighted by Gasteiger charge is 2.16. The van der Waals surface area contributed by atoms with Crippen molar-refractivity contribution in [2.24, 2.45) is 7.05 Å². The summed E-state index contributed by atoms with van der Waals surface area (Å²) in [6, 6.07) is 7.78. The molecule has 1 aromatic heterocycles. The molecule has 1 N–H and O–H groups in total. The van der Waals surface area contributed by atoms with Crippen molar-refractivity contribution < 1.29 is 4.79 Å². The quantitative estimate of drug-likeness (QED) is 0.873. The summed E-state index contributed by atoms with van der Waals surface area (Å²) in [5.74, 6) is -0.0152. The summed E-state index contributed by atoms with van der Waals surface area (Å²) in [5, 5.41) is 3.56. The van der Waals surface area contributed by atoms with Gasteiger partial charge in [-0.3, -0.25) is 4.79 Å². The summed E-state index contributed by atoms with van der Waals surface area (Å²) in [4.78, 5) is 16.3. The van der Waals surface area contributed by atoms with Crippen LogP contribution in [-0.4, -0.2) is 20.7 Å². The first kappa shape index (κ1) is 13.7. The van der Waals surface area contributed by atoms with E-state index in [4.69, 9.17) is 0 Å². The fraction of sp³-hybridized carbons (Fsp3) is 0.286. The van der Waals surface area contributed by atoms with E-state index in [-0.39, 0.29) is 11.2 Å². The zero-order valence-electron chi connectivity index (χ0n) is 11.3. The number of benzene rings is 1. The average molecular weight is 275 g/mol. The Morgan fingerprint density at radius 1 is 1.47 bits per heavy atom. The topological polar surface area (TPSA) is 46.9 Å². The first-order valence-electron chi connectivity index (χ1n) is 6.08. The Balaban J connectivity index is 1.98. The van der Waals surface area contributed by atoms with Gasteiger partial charge in [-0.1, -0.05) is 23.9 Å². The maximum absolute atomic E-state index is 12.1. The third kappa shape index (κ3) is 3.61. The van der Waals surface area contributed by atoms with Crippen molar-refractivity contribution in [3.63, 3.8) is 0 Å². The Morgan fingerprint density at radius 3 is 2.89 bits per heavy atom. The van der Waals surface area contributed by atoms with Gasteiger partial charge in [-0.2, -0.15) is 0 Å². The zero-order chi connectivity index (χ0) is 13.8. The normalized spacial score (nSPS) is 12.2. The molecule has 2 rings (SSSR count). The highest BCUT2D eigenvalue weighted by Crippen LogP contribution is 2.22. The van der Waals surface area contributed by atoms with Gasteiger partial charge < -0.3 is 9.88 Å². The number of carbonyl (C=O) groups is 1. The number of nitrogens with one attached hydrogen (secondary N) is 1. The molecule has 0 aliphatic carbocycles. The Labute approximate surface area is 117 Å². The molecule has 5 heteroatoms.